The van der Waals surface area contributed by atoms with Crippen LogP contribution in [0.25, 0.3) is 0 Å². The normalized spacial score (nSPS) is 29.8. The molecule has 0 aromatic rings. The molecule has 0 aliphatic carbocycles. The number of rotatable bonds is 3. The molecule has 0 aromatic carbocycles. The van der Waals surface area contributed by atoms with Crippen LogP contribution in [0.2, 0.25) is 0 Å². The molecule has 1 saturated heterocycles. The van der Waals surface area contributed by atoms with E-state index < -0.39 is 0 Å². The molecule has 0 radical (unpaired) electrons. The molecular weight excluding hydrogens is 152 g/mol. The molecule has 3 nitrogen and oxygen atoms in total. The molecule has 1 heterocycles. The summed E-state index contributed by atoms with van der Waals surface area (Å²) < 4.78 is 5.35. The summed E-state index contributed by atoms with van der Waals surface area (Å²) in [6, 6.07) is 0.452. The van der Waals surface area contributed by atoms with E-state index in [1.807, 2.05) is 0 Å². The van der Waals surface area contributed by atoms with Crippen molar-refractivity contribution in [3.8, 4) is 0 Å². The smallest absolute Gasteiger partial charge is 0.0620 e. The van der Waals surface area contributed by atoms with Crippen LogP contribution in [-0.2, 0) is 4.74 Å². The van der Waals surface area contributed by atoms with Crippen molar-refractivity contribution in [3.63, 3.8) is 0 Å². The molecule has 72 valence electrons. The summed E-state index contributed by atoms with van der Waals surface area (Å²) in [5.41, 5.74) is 6.01. The summed E-state index contributed by atoms with van der Waals surface area (Å²) in [5.74, 6) is 0. The number of morpholine rings is 1. The Morgan fingerprint density at radius 2 is 2.42 bits per heavy atom. The molecule has 2 atom stereocenters. The molecule has 3 heteroatoms. The lowest BCUT2D eigenvalue weighted by atomic mass is 9.91. The van der Waals surface area contributed by atoms with E-state index in [1.54, 1.807) is 0 Å². The highest BCUT2D eigenvalue weighted by atomic mass is 16.5. The second-order valence-electron chi connectivity index (χ2n) is 3.94. The first kappa shape index (κ1) is 9.96. The fourth-order valence-electron chi connectivity index (χ4n) is 1.46. The quantitative estimate of drug-likeness (QED) is 0.651. The van der Waals surface area contributed by atoms with Gasteiger partial charge in [0.2, 0.25) is 0 Å². The number of nitrogens with two attached hydrogens (primary N) is 1. The van der Waals surface area contributed by atoms with Gasteiger partial charge >= 0.3 is 0 Å². The van der Waals surface area contributed by atoms with E-state index in [0.717, 1.165) is 32.6 Å². The molecule has 1 aliphatic rings. The zero-order valence-corrected chi connectivity index (χ0v) is 8.10. The van der Waals surface area contributed by atoms with Gasteiger partial charge in [-0.15, -0.1) is 0 Å². The predicted molar refractivity (Wildman–Crippen MR) is 50.1 cm³/mol. The van der Waals surface area contributed by atoms with Crippen molar-refractivity contribution < 1.29 is 4.74 Å². The lowest BCUT2D eigenvalue weighted by Crippen LogP contribution is -2.48. The third kappa shape index (κ3) is 3.09. The Bertz CT molecular complexity index is 130. The summed E-state index contributed by atoms with van der Waals surface area (Å²) in [6.07, 6.45) is 2.02. The standard InChI is InChI=1S/C9H20N2O/c1-3-9(2,10)6-8-7-12-5-4-11-8/h8,11H,3-7,10H2,1-2H3. The van der Waals surface area contributed by atoms with Crippen molar-refractivity contribution in [2.24, 2.45) is 5.73 Å². The van der Waals surface area contributed by atoms with Crippen LogP contribution in [0, 0.1) is 0 Å². The average molecular weight is 172 g/mol. The van der Waals surface area contributed by atoms with Gasteiger partial charge in [0.15, 0.2) is 0 Å². The van der Waals surface area contributed by atoms with Crippen molar-refractivity contribution in [3.05, 3.63) is 0 Å². The van der Waals surface area contributed by atoms with E-state index in [1.165, 1.54) is 0 Å². The first-order chi connectivity index (χ1) is 5.64. The number of nitrogens with one attached hydrogen (secondary N) is 1. The molecular formula is C9H20N2O. The lowest BCUT2D eigenvalue weighted by Gasteiger charge is -2.31. The zero-order valence-electron chi connectivity index (χ0n) is 8.10. The van der Waals surface area contributed by atoms with Crippen LogP contribution in [0.3, 0.4) is 0 Å². The van der Waals surface area contributed by atoms with Crippen molar-refractivity contribution in [1.29, 1.82) is 0 Å². The van der Waals surface area contributed by atoms with E-state index in [2.05, 4.69) is 19.2 Å². The van der Waals surface area contributed by atoms with Gasteiger partial charge in [-0.25, -0.2) is 0 Å². The third-order valence-corrected chi connectivity index (χ3v) is 2.52. The Kier molecular flexibility index (Phi) is 3.50. The van der Waals surface area contributed by atoms with Gasteiger partial charge in [0.25, 0.3) is 0 Å². The monoisotopic (exact) mass is 172 g/mol. The second-order valence-corrected chi connectivity index (χ2v) is 3.94. The maximum Gasteiger partial charge on any atom is 0.0620 e. The molecule has 0 bridgehead atoms. The predicted octanol–water partition coefficient (Wildman–Crippen LogP) is 0.492. The lowest BCUT2D eigenvalue weighted by molar-refractivity contribution is 0.0667. The van der Waals surface area contributed by atoms with Crippen LogP contribution in [-0.4, -0.2) is 31.3 Å². The van der Waals surface area contributed by atoms with E-state index in [9.17, 15) is 0 Å². The van der Waals surface area contributed by atoms with Gasteiger partial charge in [-0.3, -0.25) is 0 Å². The van der Waals surface area contributed by atoms with E-state index in [0.29, 0.717) is 6.04 Å². The maximum atomic E-state index is 6.05. The molecule has 0 aromatic heterocycles. The Morgan fingerprint density at radius 3 is 2.92 bits per heavy atom. The molecule has 0 spiro atoms. The molecule has 3 N–H and O–H groups in total. The topological polar surface area (TPSA) is 47.3 Å². The van der Waals surface area contributed by atoms with Gasteiger partial charge in [-0.05, 0) is 19.8 Å². The fourth-order valence-corrected chi connectivity index (χ4v) is 1.46. The molecule has 0 amide bonds. The highest BCUT2D eigenvalue weighted by molar-refractivity contribution is 4.84. The van der Waals surface area contributed by atoms with Crippen molar-refractivity contribution in [2.75, 3.05) is 19.8 Å². The molecule has 1 fully saturated rings. The Balaban J connectivity index is 2.28. The Hall–Kier alpha value is -0.120. The first-order valence-corrected chi connectivity index (χ1v) is 4.74. The number of hydrogen-bond donors (Lipinski definition) is 2. The average Bonchev–Trinajstić information content (AvgIpc) is 2.06. The summed E-state index contributed by atoms with van der Waals surface area (Å²) in [5, 5.41) is 3.40. The van der Waals surface area contributed by atoms with Crippen LogP contribution >= 0.6 is 0 Å². The van der Waals surface area contributed by atoms with E-state index in [-0.39, 0.29) is 5.54 Å². The second kappa shape index (κ2) is 4.21. The van der Waals surface area contributed by atoms with Crippen LogP contribution in [0.5, 0.6) is 0 Å². The SMILES string of the molecule is CCC(C)(N)CC1COCCN1. The highest BCUT2D eigenvalue weighted by Gasteiger charge is 2.23. The minimum Gasteiger partial charge on any atom is -0.379 e. The molecule has 1 rings (SSSR count). The van der Waals surface area contributed by atoms with Gasteiger partial charge in [0.05, 0.1) is 13.2 Å². The minimum atomic E-state index is -0.0433. The van der Waals surface area contributed by atoms with Crippen molar-refractivity contribution in [2.45, 2.75) is 38.3 Å². The summed E-state index contributed by atoms with van der Waals surface area (Å²) in [4.78, 5) is 0. The van der Waals surface area contributed by atoms with E-state index in [4.69, 9.17) is 10.5 Å². The van der Waals surface area contributed by atoms with Crippen molar-refractivity contribution in [1.82, 2.24) is 5.32 Å². The summed E-state index contributed by atoms with van der Waals surface area (Å²) in [7, 11) is 0. The zero-order chi connectivity index (χ0) is 9.03. The molecule has 2 unspecified atom stereocenters. The van der Waals surface area contributed by atoms with Gasteiger partial charge in [-0.1, -0.05) is 6.92 Å². The van der Waals surface area contributed by atoms with Crippen LogP contribution in [0.1, 0.15) is 26.7 Å². The van der Waals surface area contributed by atoms with Crippen LogP contribution in [0.4, 0.5) is 0 Å². The van der Waals surface area contributed by atoms with Gasteiger partial charge in [-0.2, -0.15) is 0 Å². The maximum absolute atomic E-state index is 6.05. The van der Waals surface area contributed by atoms with E-state index >= 15 is 0 Å². The fraction of sp³-hybridized carbons (Fsp3) is 1.00. The Labute approximate surface area is 74.7 Å². The third-order valence-electron chi connectivity index (χ3n) is 2.52. The number of hydrogen-bond acceptors (Lipinski definition) is 3. The minimum absolute atomic E-state index is 0.0433. The first-order valence-electron chi connectivity index (χ1n) is 4.74. The van der Waals surface area contributed by atoms with Gasteiger partial charge < -0.3 is 15.8 Å². The van der Waals surface area contributed by atoms with Crippen LogP contribution in [0.15, 0.2) is 0 Å². The summed E-state index contributed by atoms with van der Waals surface area (Å²) in [6.45, 7) is 6.84. The molecule has 0 saturated carbocycles. The molecule has 1 aliphatic heterocycles. The number of ether oxygens (including phenoxy) is 1. The van der Waals surface area contributed by atoms with Gasteiger partial charge in [0.1, 0.15) is 0 Å². The van der Waals surface area contributed by atoms with Crippen LogP contribution < -0.4 is 11.1 Å². The Morgan fingerprint density at radius 1 is 1.67 bits per heavy atom. The largest absolute Gasteiger partial charge is 0.379 e. The van der Waals surface area contributed by atoms with Crippen molar-refractivity contribution >= 4 is 0 Å². The molecule has 12 heavy (non-hydrogen) atoms. The summed E-state index contributed by atoms with van der Waals surface area (Å²) >= 11 is 0. The highest BCUT2D eigenvalue weighted by Crippen LogP contribution is 2.14. The van der Waals surface area contributed by atoms with Gasteiger partial charge in [0, 0.05) is 18.1 Å².